The number of amides is 1. The molecule has 1 saturated heterocycles. The van der Waals surface area contributed by atoms with Crippen molar-refractivity contribution < 1.29 is 4.79 Å². The zero-order chi connectivity index (χ0) is 9.19. The second-order valence-electron chi connectivity index (χ2n) is 3.72. The van der Waals surface area contributed by atoms with Crippen molar-refractivity contribution in [2.75, 3.05) is 13.1 Å². The monoisotopic (exact) mass is 166 g/mol. The molecule has 0 aromatic carbocycles. The van der Waals surface area contributed by atoms with Gasteiger partial charge in [0, 0.05) is 20.0 Å². The van der Waals surface area contributed by atoms with Crippen LogP contribution in [0, 0.1) is 16.7 Å². The number of piperidine rings is 1. The molecule has 0 radical (unpaired) electrons. The Morgan fingerprint density at radius 1 is 1.67 bits per heavy atom. The Hall–Kier alpha value is -1.04. The lowest BCUT2D eigenvalue weighted by atomic mass is 9.83. The summed E-state index contributed by atoms with van der Waals surface area (Å²) < 4.78 is 0. The van der Waals surface area contributed by atoms with Gasteiger partial charge < -0.3 is 4.90 Å². The highest BCUT2D eigenvalue weighted by Gasteiger charge is 2.31. The van der Waals surface area contributed by atoms with Gasteiger partial charge in [-0.05, 0) is 19.8 Å². The number of nitrogens with zero attached hydrogens (tertiary/aromatic N) is 2. The molecule has 0 N–H and O–H groups in total. The van der Waals surface area contributed by atoms with Gasteiger partial charge in [0.2, 0.25) is 5.91 Å². The number of nitriles is 1. The van der Waals surface area contributed by atoms with E-state index in [1.807, 2.05) is 6.92 Å². The Kier molecular flexibility index (Phi) is 2.37. The number of rotatable bonds is 0. The topological polar surface area (TPSA) is 44.1 Å². The number of carbonyl (C=O) groups is 1. The first-order valence-corrected chi connectivity index (χ1v) is 4.24. The second kappa shape index (κ2) is 3.14. The third-order valence-electron chi connectivity index (χ3n) is 2.41. The SMILES string of the molecule is CC(=O)N1CCCC(C)(C#N)C1. The van der Waals surface area contributed by atoms with Crippen molar-refractivity contribution in [3.63, 3.8) is 0 Å². The molecule has 0 aliphatic carbocycles. The number of hydrogen-bond acceptors (Lipinski definition) is 2. The van der Waals surface area contributed by atoms with Crippen molar-refractivity contribution >= 4 is 5.91 Å². The van der Waals surface area contributed by atoms with E-state index in [9.17, 15) is 4.79 Å². The van der Waals surface area contributed by atoms with Gasteiger partial charge in [0.25, 0.3) is 0 Å². The summed E-state index contributed by atoms with van der Waals surface area (Å²) in [4.78, 5) is 12.8. The Balaban J connectivity index is 2.64. The van der Waals surface area contributed by atoms with Crippen LogP contribution in [0.4, 0.5) is 0 Å². The molecule has 1 rings (SSSR count). The molecule has 1 unspecified atom stereocenters. The van der Waals surface area contributed by atoms with E-state index in [0.29, 0.717) is 6.54 Å². The van der Waals surface area contributed by atoms with E-state index < -0.39 is 0 Å². The van der Waals surface area contributed by atoms with Crippen LogP contribution in [0.25, 0.3) is 0 Å². The quantitative estimate of drug-likeness (QED) is 0.542. The Morgan fingerprint density at radius 2 is 2.33 bits per heavy atom. The maximum absolute atomic E-state index is 11.0. The predicted molar refractivity (Wildman–Crippen MR) is 45.2 cm³/mol. The van der Waals surface area contributed by atoms with Crippen LogP contribution in [0.2, 0.25) is 0 Å². The van der Waals surface area contributed by atoms with Gasteiger partial charge in [0.05, 0.1) is 11.5 Å². The zero-order valence-corrected chi connectivity index (χ0v) is 7.63. The van der Waals surface area contributed by atoms with Gasteiger partial charge in [-0.15, -0.1) is 0 Å². The minimum Gasteiger partial charge on any atom is -0.341 e. The molecule has 1 amide bonds. The molecule has 1 fully saturated rings. The van der Waals surface area contributed by atoms with Crippen molar-refractivity contribution in [3.8, 4) is 6.07 Å². The van der Waals surface area contributed by atoms with Crippen molar-refractivity contribution in [1.82, 2.24) is 4.90 Å². The molecule has 1 aliphatic heterocycles. The standard InChI is InChI=1S/C9H14N2O/c1-8(12)11-5-3-4-9(2,6-10)7-11/h3-5,7H2,1-2H3. The third kappa shape index (κ3) is 1.76. The molecule has 1 aliphatic rings. The lowest BCUT2D eigenvalue weighted by Crippen LogP contribution is -2.43. The molecular weight excluding hydrogens is 152 g/mol. The van der Waals surface area contributed by atoms with Gasteiger partial charge in [-0.2, -0.15) is 5.26 Å². The first-order valence-electron chi connectivity index (χ1n) is 4.24. The van der Waals surface area contributed by atoms with Crippen LogP contribution in [0.5, 0.6) is 0 Å². The van der Waals surface area contributed by atoms with Gasteiger partial charge in [-0.1, -0.05) is 0 Å². The Labute approximate surface area is 73.0 Å². The highest BCUT2D eigenvalue weighted by atomic mass is 16.2. The van der Waals surface area contributed by atoms with Crippen LogP contribution in [-0.2, 0) is 4.79 Å². The van der Waals surface area contributed by atoms with Crippen molar-refractivity contribution in [1.29, 1.82) is 5.26 Å². The lowest BCUT2D eigenvalue weighted by Gasteiger charge is -2.35. The van der Waals surface area contributed by atoms with E-state index in [1.165, 1.54) is 0 Å². The Bertz CT molecular complexity index is 231. The van der Waals surface area contributed by atoms with Gasteiger partial charge in [-0.3, -0.25) is 4.79 Å². The molecule has 66 valence electrons. The highest BCUT2D eigenvalue weighted by molar-refractivity contribution is 5.73. The molecule has 0 aromatic rings. The van der Waals surface area contributed by atoms with Gasteiger partial charge >= 0.3 is 0 Å². The fourth-order valence-corrected chi connectivity index (χ4v) is 1.60. The summed E-state index contributed by atoms with van der Waals surface area (Å²) >= 11 is 0. The molecule has 3 heteroatoms. The van der Waals surface area contributed by atoms with E-state index >= 15 is 0 Å². The summed E-state index contributed by atoms with van der Waals surface area (Å²) in [5, 5.41) is 8.86. The first kappa shape index (κ1) is 9.05. The molecule has 12 heavy (non-hydrogen) atoms. The second-order valence-corrected chi connectivity index (χ2v) is 3.72. The van der Waals surface area contributed by atoms with Crippen LogP contribution in [0.1, 0.15) is 26.7 Å². The minimum absolute atomic E-state index is 0.0798. The van der Waals surface area contributed by atoms with Gasteiger partial charge in [0.15, 0.2) is 0 Å². The van der Waals surface area contributed by atoms with Crippen molar-refractivity contribution in [2.45, 2.75) is 26.7 Å². The average Bonchev–Trinajstić information content (AvgIpc) is 2.05. The summed E-state index contributed by atoms with van der Waals surface area (Å²) in [6.07, 6.45) is 1.86. The van der Waals surface area contributed by atoms with Crippen LogP contribution >= 0.6 is 0 Å². The summed E-state index contributed by atoms with van der Waals surface area (Å²) in [5.74, 6) is 0.0798. The molecule has 0 spiro atoms. The van der Waals surface area contributed by atoms with Crippen LogP contribution in [0.3, 0.4) is 0 Å². The van der Waals surface area contributed by atoms with Crippen LogP contribution in [0.15, 0.2) is 0 Å². The van der Waals surface area contributed by atoms with Crippen molar-refractivity contribution in [2.24, 2.45) is 5.41 Å². The summed E-state index contributed by atoms with van der Waals surface area (Å²) in [6, 6.07) is 2.27. The molecular formula is C9H14N2O. The number of carbonyl (C=O) groups excluding carboxylic acids is 1. The van der Waals surface area contributed by atoms with E-state index in [-0.39, 0.29) is 11.3 Å². The fourth-order valence-electron chi connectivity index (χ4n) is 1.60. The first-order chi connectivity index (χ1) is 5.57. The van der Waals surface area contributed by atoms with E-state index in [4.69, 9.17) is 5.26 Å². The highest BCUT2D eigenvalue weighted by Crippen LogP contribution is 2.28. The van der Waals surface area contributed by atoms with E-state index in [0.717, 1.165) is 19.4 Å². The summed E-state index contributed by atoms with van der Waals surface area (Å²) in [6.45, 7) is 4.89. The summed E-state index contributed by atoms with van der Waals surface area (Å²) in [5.41, 5.74) is -0.316. The molecule has 3 nitrogen and oxygen atoms in total. The maximum Gasteiger partial charge on any atom is 0.219 e. The molecule has 0 saturated carbocycles. The molecule has 0 bridgehead atoms. The number of hydrogen-bond donors (Lipinski definition) is 0. The molecule has 1 heterocycles. The number of likely N-dealkylation sites (tertiary alicyclic amines) is 1. The van der Waals surface area contributed by atoms with Crippen molar-refractivity contribution in [3.05, 3.63) is 0 Å². The molecule has 1 atom stereocenters. The molecule has 0 aromatic heterocycles. The van der Waals surface area contributed by atoms with Gasteiger partial charge in [-0.25, -0.2) is 0 Å². The smallest absolute Gasteiger partial charge is 0.219 e. The summed E-state index contributed by atoms with van der Waals surface area (Å²) in [7, 11) is 0. The normalized spacial score (nSPS) is 29.6. The Morgan fingerprint density at radius 3 is 2.83 bits per heavy atom. The van der Waals surface area contributed by atoms with E-state index in [1.54, 1.807) is 11.8 Å². The minimum atomic E-state index is -0.316. The third-order valence-corrected chi connectivity index (χ3v) is 2.41. The van der Waals surface area contributed by atoms with E-state index in [2.05, 4.69) is 6.07 Å². The fraction of sp³-hybridized carbons (Fsp3) is 0.778. The maximum atomic E-state index is 11.0. The van der Waals surface area contributed by atoms with Crippen LogP contribution in [-0.4, -0.2) is 23.9 Å². The van der Waals surface area contributed by atoms with Crippen LogP contribution < -0.4 is 0 Å². The zero-order valence-electron chi connectivity index (χ0n) is 7.63. The average molecular weight is 166 g/mol. The van der Waals surface area contributed by atoms with Gasteiger partial charge in [0.1, 0.15) is 0 Å². The lowest BCUT2D eigenvalue weighted by molar-refractivity contribution is -0.131. The largest absolute Gasteiger partial charge is 0.341 e. The predicted octanol–water partition coefficient (Wildman–Crippen LogP) is 1.16.